The largest absolute Gasteiger partial charge is 0.455 e. The standard InChI is InChI=1S/3C44H31O3P/c1-28-13-9-11-19-34(28)33-22-24-41-39(26-33)46-42-36(31-17-7-4-8-18-31)27-37(35-20-12-10-14-29(35)2)43-44(42)48(41,45)40-23-21-32(25-38(40)47-43)30-15-5-3-6-16-30;1-28-13-9-11-19-34(28)33-22-24-41-39(26-33)47-43-37(35-20-12-10-14-29(35)2)27-36(31-17-7-4-8-18-31)42-44(43)48(41,45)40-23-21-32(25-38(40)46-42)30-15-5-3-6-16-30;1-28-13-9-11-19-34(28)36-27-37(35-20-12-10-14-29(35)2)43-44-42(36)46-38-25-32(30-15-5-3-6-16-30)21-23-40(38)48(44,45)41-24-22-33(26-39(41)47-43)31-17-7-4-8-18-31/h3*3-27H,1-2H3. The summed E-state index contributed by atoms with van der Waals surface area (Å²) in [6, 6.07) is 154. The zero-order valence-electron chi connectivity index (χ0n) is 79.8. The number of rotatable bonds is 12. The third-order valence-corrected chi connectivity index (χ3v) is 38.3. The monoisotopic (exact) mass is 1910 g/mol. The van der Waals surface area contributed by atoms with Crippen molar-refractivity contribution < 1.29 is 42.1 Å². The van der Waals surface area contributed by atoms with E-state index < -0.39 is 21.4 Å². The molecule has 144 heavy (non-hydrogen) atoms. The number of benzene rings is 21. The summed E-state index contributed by atoms with van der Waals surface area (Å²) >= 11 is 0. The van der Waals surface area contributed by atoms with E-state index >= 15 is 13.7 Å². The van der Waals surface area contributed by atoms with E-state index in [0.717, 1.165) is 156 Å². The van der Waals surface area contributed by atoms with Crippen molar-refractivity contribution in [2.45, 2.75) is 41.5 Å². The van der Waals surface area contributed by atoms with E-state index in [1.807, 2.05) is 243 Å². The molecule has 0 saturated heterocycles. The van der Waals surface area contributed by atoms with Gasteiger partial charge in [-0.2, -0.15) is 0 Å². The lowest BCUT2D eigenvalue weighted by molar-refractivity contribution is 0.463. The minimum atomic E-state index is -3.51. The van der Waals surface area contributed by atoms with Crippen molar-refractivity contribution >= 4 is 69.2 Å². The first kappa shape index (κ1) is 88.5. The molecular weight excluding hydrogens is 1820 g/mol. The Morgan fingerprint density at radius 3 is 0.521 bits per heavy atom. The van der Waals surface area contributed by atoms with Gasteiger partial charge in [-0.3, -0.25) is 0 Å². The van der Waals surface area contributed by atoms with Crippen LogP contribution >= 0.6 is 21.4 Å². The molecule has 21 aromatic rings. The van der Waals surface area contributed by atoms with Gasteiger partial charge in [0, 0.05) is 33.4 Å². The Labute approximate surface area is 837 Å². The van der Waals surface area contributed by atoms with E-state index in [9.17, 15) is 0 Å². The van der Waals surface area contributed by atoms with Gasteiger partial charge in [-0.1, -0.05) is 364 Å². The summed E-state index contributed by atoms with van der Waals surface area (Å²) < 4.78 is 91.0. The van der Waals surface area contributed by atoms with E-state index in [-0.39, 0.29) is 0 Å². The van der Waals surface area contributed by atoms with Crippen LogP contribution in [0.5, 0.6) is 69.0 Å². The first-order chi connectivity index (χ1) is 70.5. The highest BCUT2D eigenvalue weighted by atomic mass is 31.2. The van der Waals surface area contributed by atoms with Gasteiger partial charge < -0.3 is 42.1 Å². The molecule has 0 amide bonds. The molecule has 690 valence electrons. The lowest BCUT2D eigenvalue weighted by Crippen LogP contribution is -2.35. The molecule has 21 aromatic carbocycles. The minimum Gasteiger partial charge on any atom is -0.455 e. The Kier molecular flexibility index (Phi) is 22.0. The molecule has 0 bridgehead atoms. The van der Waals surface area contributed by atoms with Gasteiger partial charge in [0.1, 0.15) is 84.9 Å². The fraction of sp³-hybridized carbons (Fsp3) is 0.0455. The molecular formula is C132H93O9P3. The van der Waals surface area contributed by atoms with E-state index in [1.54, 1.807) is 0 Å². The van der Waals surface area contributed by atoms with Crippen LogP contribution in [-0.2, 0) is 13.7 Å². The molecule has 9 nitrogen and oxygen atoms in total. The summed E-state index contributed by atoms with van der Waals surface area (Å²) in [6.07, 6.45) is 0. The topological polar surface area (TPSA) is 107 Å². The summed E-state index contributed by atoms with van der Waals surface area (Å²) in [6.45, 7) is 12.6. The van der Waals surface area contributed by atoms with Gasteiger partial charge in [-0.25, -0.2) is 0 Å². The predicted molar refractivity (Wildman–Crippen MR) is 592 cm³/mol. The van der Waals surface area contributed by atoms with Crippen LogP contribution in [0.3, 0.4) is 0 Å². The Balaban J connectivity index is 0.000000113. The fourth-order valence-corrected chi connectivity index (χ4v) is 30.8. The van der Waals surface area contributed by atoms with Crippen LogP contribution in [0, 0.1) is 41.5 Å². The molecule has 6 aliphatic rings. The lowest BCUT2D eigenvalue weighted by Gasteiger charge is -2.37. The molecule has 0 spiro atoms. The van der Waals surface area contributed by atoms with Gasteiger partial charge in [0.15, 0.2) is 21.4 Å². The van der Waals surface area contributed by atoms with Gasteiger partial charge in [0.25, 0.3) is 0 Å². The van der Waals surface area contributed by atoms with Gasteiger partial charge in [-0.15, -0.1) is 0 Å². The van der Waals surface area contributed by atoms with Crippen molar-refractivity contribution in [2.24, 2.45) is 0 Å². The quantitative estimate of drug-likeness (QED) is 0.111. The maximum atomic E-state index is 16.4. The molecule has 0 aliphatic carbocycles. The van der Waals surface area contributed by atoms with Crippen molar-refractivity contribution in [2.75, 3.05) is 0 Å². The average molecular weight is 1920 g/mol. The molecule has 0 radical (unpaired) electrons. The van der Waals surface area contributed by atoms with Gasteiger partial charge in [0.05, 0.1) is 31.8 Å². The molecule has 0 aromatic heterocycles. The van der Waals surface area contributed by atoms with Crippen molar-refractivity contribution in [3.63, 3.8) is 0 Å². The van der Waals surface area contributed by atoms with Crippen LogP contribution in [0.4, 0.5) is 0 Å². The predicted octanol–water partition coefficient (Wildman–Crippen LogP) is 32.5. The zero-order chi connectivity index (χ0) is 97.2. The van der Waals surface area contributed by atoms with Crippen molar-refractivity contribution in [3.8, 4) is 203 Å². The van der Waals surface area contributed by atoms with E-state index in [1.165, 1.54) is 11.1 Å². The molecule has 6 aliphatic heterocycles. The maximum absolute atomic E-state index is 16.4. The molecule has 27 rings (SSSR count). The summed E-state index contributed by atoms with van der Waals surface area (Å²) in [4.78, 5) is 0. The first-order valence-electron chi connectivity index (χ1n) is 48.6. The molecule has 6 heterocycles. The SMILES string of the molecule is Cc1ccccc1-c1cc(-c2ccccc2C)c2c3c1Oc1cc(-c4ccccc4)ccc1P3(=O)c1ccc(-c3ccccc3)cc1O2.Cc1ccccc1-c1ccc2c(c1)Oc1c(-c3ccccc3)cc(-c3ccccc3C)c3c1P2(=O)c1ccc(-c2ccccc2)cc1O3.Cc1ccccc1-c1ccc2c(c1)Oc1c(-c3ccccc3C)cc(-c3ccccc3)c3c1P2(=O)c1ccc(-c2ccccc2)cc1O3. The number of ether oxygens (including phenoxy) is 6. The van der Waals surface area contributed by atoms with E-state index in [2.05, 4.69) is 254 Å². The number of hydrogen-bond acceptors (Lipinski definition) is 9. The van der Waals surface area contributed by atoms with Gasteiger partial charge in [0.2, 0.25) is 0 Å². The van der Waals surface area contributed by atoms with E-state index in [0.29, 0.717) is 117 Å². The fourth-order valence-electron chi connectivity index (χ4n) is 21.6. The maximum Gasteiger partial charge on any atom is 0.185 e. The molecule has 0 saturated carbocycles. The van der Waals surface area contributed by atoms with Crippen LogP contribution < -0.4 is 76.2 Å². The summed E-state index contributed by atoms with van der Waals surface area (Å²) in [5.74, 6) is 7.19. The van der Waals surface area contributed by atoms with Gasteiger partial charge >= 0.3 is 0 Å². The molecule has 2 unspecified atom stereocenters. The Bertz CT molecular complexity index is 8790. The summed E-state index contributed by atoms with van der Waals surface area (Å²) in [5, 5.41) is 5.99. The van der Waals surface area contributed by atoms with Crippen LogP contribution in [-0.4, -0.2) is 0 Å². The third kappa shape index (κ3) is 14.8. The van der Waals surface area contributed by atoms with Crippen LogP contribution in [0.2, 0.25) is 0 Å². The second kappa shape index (κ2) is 35.7. The second-order valence-electron chi connectivity index (χ2n) is 37.6. The zero-order valence-corrected chi connectivity index (χ0v) is 82.5. The summed E-state index contributed by atoms with van der Waals surface area (Å²) in [7, 11) is -10.5. The lowest BCUT2D eigenvalue weighted by atomic mass is 9.92. The number of aryl methyl sites for hydroxylation is 6. The van der Waals surface area contributed by atoms with Crippen molar-refractivity contribution in [3.05, 3.63) is 488 Å². The normalized spacial score (nSPS) is 14.7. The van der Waals surface area contributed by atoms with Crippen LogP contribution in [0.1, 0.15) is 33.4 Å². The average Bonchev–Trinajstić information content (AvgIpc) is 0.693. The Hall–Kier alpha value is -16.9. The van der Waals surface area contributed by atoms with Gasteiger partial charge in [-0.05, 0) is 266 Å². The Morgan fingerprint density at radius 1 is 0.139 bits per heavy atom. The molecule has 12 heteroatoms. The number of fused-ring (bicyclic) bond motifs is 12. The van der Waals surface area contributed by atoms with E-state index in [4.69, 9.17) is 28.4 Å². The smallest absolute Gasteiger partial charge is 0.185 e. The Morgan fingerprint density at radius 2 is 0.306 bits per heavy atom. The second-order valence-corrected chi connectivity index (χ2v) is 45.4. The van der Waals surface area contributed by atoms with Crippen molar-refractivity contribution in [1.82, 2.24) is 0 Å². The van der Waals surface area contributed by atoms with Crippen LogP contribution in [0.15, 0.2) is 455 Å². The highest BCUT2D eigenvalue weighted by Crippen LogP contribution is 2.67. The minimum absolute atomic E-state index is 0.586. The molecule has 2 atom stereocenters. The molecule has 0 fully saturated rings. The summed E-state index contributed by atoms with van der Waals surface area (Å²) in [5.41, 5.74) is 30.8. The van der Waals surface area contributed by atoms with Crippen LogP contribution in [0.25, 0.3) is 134 Å². The first-order valence-corrected chi connectivity index (χ1v) is 53.7. The highest BCUT2D eigenvalue weighted by Gasteiger charge is 2.53. The highest BCUT2D eigenvalue weighted by molar-refractivity contribution is 7.87. The number of hydrogen-bond donors (Lipinski definition) is 0. The molecule has 0 N–H and O–H groups in total. The van der Waals surface area contributed by atoms with Crippen molar-refractivity contribution in [1.29, 1.82) is 0 Å². The third-order valence-electron chi connectivity index (χ3n) is 28.9.